The second-order valence-corrected chi connectivity index (χ2v) is 8.02. The normalized spacial score (nSPS) is 15.2. The molecular formula is C21H26FN7O. The molecular weight excluding hydrogens is 385 g/mol. The number of nitrogens with zero attached hydrogens (tertiary/aromatic N) is 5. The fourth-order valence-electron chi connectivity index (χ4n) is 3.96. The first-order valence-electron chi connectivity index (χ1n) is 9.87. The number of hydrogen-bond donors (Lipinski definition) is 2. The highest BCUT2D eigenvalue weighted by Crippen LogP contribution is 2.39. The fourth-order valence-corrected chi connectivity index (χ4v) is 3.96. The molecule has 0 bridgehead atoms. The number of nitrogens with one attached hydrogen (secondary N) is 1. The molecule has 3 N–H and O–H groups in total. The number of benzene rings is 1. The van der Waals surface area contributed by atoms with Crippen molar-refractivity contribution in [3.8, 4) is 11.3 Å². The standard InChI is InChI=1S/C21H26FN7O/c1-13-11-16(26-27(13)4)24-19-18(14-5-7-15(22)8-6-14)25-20-21(2,3)29(17(30)12-23)10-9-28(19)20/h5-8,11H,9-10,12,23H2,1-4H3,(H,24,26). The molecule has 4 rings (SSSR count). The van der Waals surface area contributed by atoms with E-state index in [2.05, 4.69) is 15.0 Å². The number of halogens is 1. The van der Waals surface area contributed by atoms with Gasteiger partial charge in [-0.05, 0) is 45.0 Å². The van der Waals surface area contributed by atoms with Gasteiger partial charge in [-0.3, -0.25) is 9.48 Å². The minimum atomic E-state index is -0.649. The predicted octanol–water partition coefficient (Wildman–Crippen LogP) is 2.51. The van der Waals surface area contributed by atoms with E-state index in [4.69, 9.17) is 10.7 Å². The average molecular weight is 411 g/mol. The van der Waals surface area contributed by atoms with Crippen molar-refractivity contribution in [1.29, 1.82) is 0 Å². The Bertz CT molecular complexity index is 1080. The van der Waals surface area contributed by atoms with E-state index in [1.165, 1.54) is 12.1 Å². The summed E-state index contributed by atoms with van der Waals surface area (Å²) in [5.74, 6) is 1.78. The van der Waals surface area contributed by atoms with Crippen LogP contribution in [0.5, 0.6) is 0 Å². The minimum absolute atomic E-state index is 0.0483. The SMILES string of the molecule is Cc1cc(Nc2c(-c3ccc(F)cc3)nc3n2CCN(C(=O)CN)C3(C)C)nn1C. The van der Waals surface area contributed by atoms with Gasteiger partial charge in [-0.1, -0.05) is 0 Å². The number of anilines is 2. The lowest BCUT2D eigenvalue weighted by Crippen LogP contribution is -2.53. The first kappa shape index (κ1) is 20.1. The molecule has 0 spiro atoms. The molecule has 9 heteroatoms. The molecule has 158 valence electrons. The summed E-state index contributed by atoms with van der Waals surface area (Å²) in [6.45, 7) is 6.93. The van der Waals surface area contributed by atoms with Crippen LogP contribution in [-0.2, 0) is 23.9 Å². The number of nitrogens with two attached hydrogens (primary N) is 1. The Morgan fingerprint density at radius 2 is 1.97 bits per heavy atom. The van der Waals surface area contributed by atoms with E-state index in [1.807, 2.05) is 33.9 Å². The molecule has 8 nitrogen and oxygen atoms in total. The summed E-state index contributed by atoms with van der Waals surface area (Å²) in [4.78, 5) is 19.1. The van der Waals surface area contributed by atoms with Crippen LogP contribution in [0.15, 0.2) is 30.3 Å². The number of hydrogen-bond acceptors (Lipinski definition) is 5. The maximum absolute atomic E-state index is 13.5. The van der Waals surface area contributed by atoms with Crippen molar-refractivity contribution in [2.24, 2.45) is 12.8 Å². The van der Waals surface area contributed by atoms with Crippen molar-refractivity contribution in [2.75, 3.05) is 18.4 Å². The van der Waals surface area contributed by atoms with Gasteiger partial charge in [0.05, 0.1) is 12.1 Å². The molecule has 0 saturated heterocycles. The first-order chi connectivity index (χ1) is 14.2. The minimum Gasteiger partial charge on any atom is -0.327 e. The molecule has 30 heavy (non-hydrogen) atoms. The van der Waals surface area contributed by atoms with Gasteiger partial charge in [0, 0.05) is 37.5 Å². The lowest BCUT2D eigenvalue weighted by molar-refractivity contribution is -0.137. The van der Waals surface area contributed by atoms with Crippen molar-refractivity contribution in [3.63, 3.8) is 0 Å². The molecule has 2 aromatic heterocycles. The molecule has 0 radical (unpaired) electrons. The van der Waals surface area contributed by atoms with Crippen LogP contribution >= 0.6 is 0 Å². The molecule has 1 aliphatic rings. The smallest absolute Gasteiger partial charge is 0.237 e. The van der Waals surface area contributed by atoms with Crippen molar-refractivity contribution in [3.05, 3.63) is 47.7 Å². The second kappa shape index (κ2) is 7.24. The van der Waals surface area contributed by atoms with Crippen LogP contribution in [0.4, 0.5) is 16.0 Å². The summed E-state index contributed by atoms with van der Waals surface area (Å²) in [5.41, 5.74) is 7.45. The van der Waals surface area contributed by atoms with E-state index in [0.717, 1.165) is 22.9 Å². The summed E-state index contributed by atoms with van der Waals surface area (Å²) < 4.78 is 17.4. The molecule has 0 unspecified atom stereocenters. The predicted molar refractivity (Wildman–Crippen MR) is 113 cm³/mol. The molecule has 1 amide bonds. The van der Waals surface area contributed by atoms with Gasteiger partial charge in [0.2, 0.25) is 5.91 Å². The van der Waals surface area contributed by atoms with Crippen LogP contribution in [0.2, 0.25) is 0 Å². The Balaban J connectivity index is 1.86. The molecule has 1 aromatic carbocycles. The molecule has 1 aliphatic heterocycles. The van der Waals surface area contributed by atoms with Gasteiger partial charge in [-0.15, -0.1) is 0 Å². The molecule has 0 fully saturated rings. The van der Waals surface area contributed by atoms with Crippen LogP contribution in [0.25, 0.3) is 11.3 Å². The monoisotopic (exact) mass is 411 g/mol. The van der Waals surface area contributed by atoms with Gasteiger partial charge in [-0.25, -0.2) is 9.37 Å². The third-order valence-corrected chi connectivity index (χ3v) is 5.69. The number of aryl methyl sites for hydroxylation is 2. The lowest BCUT2D eigenvalue weighted by atomic mass is 9.99. The van der Waals surface area contributed by atoms with Crippen molar-refractivity contribution >= 4 is 17.5 Å². The van der Waals surface area contributed by atoms with Crippen LogP contribution < -0.4 is 11.1 Å². The zero-order chi connectivity index (χ0) is 21.6. The highest BCUT2D eigenvalue weighted by atomic mass is 19.1. The van der Waals surface area contributed by atoms with Crippen LogP contribution in [0.3, 0.4) is 0 Å². The highest BCUT2D eigenvalue weighted by molar-refractivity contribution is 5.80. The maximum atomic E-state index is 13.5. The van der Waals surface area contributed by atoms with Gasteiger partial charge in [0.25, 0.3) is 0 Å². The largest absolute Gasteiger partial charge is 0.327 e. The first-order valence-corrected chi connectivity index (χ1v) is 9.87. The van der Waals surface area contributed by atoms with Gasteiger partial charge in [0.1, 0.15) is 23.2 Å². The Kier molecular flexibility index (Phi) is 4.85. The Morgan fingerprint density at radius 3 is 2.57 bits per heavy atom. The summed E-state index contributed by atoms with van der Waals surface area (Å²) in [7, 11) is 1.88. The zero-order valence-electron chi connectivity index (χ0n) is 17.6. The van der Waals surface area contributed by atoms with Crippen LogP contribution in [0.1, 0.15) is 25.4 Å². The van der Waals surface area contributed by atoms with E-state index in [0.29, 0.717) is 24.6 Å². The van der Waals surface area contributed by atoms with E-state index < -0.39 is 5.54 Å². The maximum Gasteiger partial charge on any atom is 0.237 e. The molecule has 0 aliphatic carbocycles. The zero-order valence-corrected chi connectivity index (χ0v) is 17.6. The average Bonchev–Trinajstić information content (AvgIpc) is 3.23. The van der Waals surface area contributed by atoms with Crippen molar-refractivity contribution in [1.82, 2.24) is 24.2 Å². The molecule has 3 aromatic rings. The van der Waals surface area contributed by atoms with Crippen LogP contribution in [0, 0.1) is 12.7 Å². The Labute approximate surface area is 174 Å². The second-order valence-electron chi connectivity index (χ2n) is 8.02. The number of imidazole rings is 1. The van der Waals surface area contributed by atoms with Gasteiger partial charge < -0.3 is 20.5 Å². The quantitative estimate of drug-likeness (QED) is 0.688. The third-order valence-electron chi connectivity index (χ3n) is 5.69. The summed E-state index contributed by atoms with van der Waals surface area (Å²) >= 11 is 0. The van der Waals surface area contributed by atoms with E-state index in [9.17, 15) is 9.18 Å². The van der Waals surface area contributed by atoms with Crippen molar-refractivity contribution < 1.29 is 9.18 Å². The third kappa shape index (κ3) is 3.24. The summed E-state index contributed by atoms with van der Waals surface area (Å²) in [5, 5.41) is 7.90. The van der Waals surface area contributed by atoms with Gasteiger partial charge in [-0.2, -0.15) is 5.10 Å². The van der Waals surface area contributed by atoms with E-state index >= 15 is 0 Å². The number of amides is 1. The highest BCUT2D eigenvalue weighted by Gasteiger charge is 2.41. The molecule has 0 saturated carbocycles. The fraction of sp³-hybridized carbons (Fsp3) is 0.381. The number of carbonyl (C=O) groups is 1. The van der Waals surface area contributed by atoms with E-state index in [1.54, 1.807) is 21.7 Å². The molecule has 0 atom stereocenters. The summed E-state index contributed by atoms with van der Waals surface area (Å²) in [6, 6.07) is 8.19. The number of fused-ring (bicyclic) bond motifs is 1. The topological polar surface area (TPSA) is 94.0 Å². The number of rotatable bonds is 4. The summed E-state index contributed by atoms with van der Waals surface area (Å²) in [6.07, 6.45) is 0. The van der Waals surface area contributed by atoms with Gasteiger partial charge in [0.15, 0.2) is 5.82 Å². The lowest BCUT2D eigenvalue weighted by Gasteiger charge is -2.42. The van der Waals surface area contributed by atoms with Crippen molar-refractivity contribution in [2.45, 2.75) is 32.9 Å². The van der Waals surface area contributed by atoms with E-state index in [-0.39, 0.29) is 18.3 Å². The Hall–Kier alpha value is -3.20. The Morgan fingerprint density at radius 1 is 1.27 bits per heavy atom. The number of aromatic nitrogens is 4. The van der Waals surface area contributed by atoms with Crippen LogP contribution in [-0.4, -0.2) is 43.2 Å². The number of carbonyl (C=O) groups excluding carboxylic acids is 1. The molecule has 3 heterocycles. The van der Waals surface area contributed by atoms with Gasteiger partial charge >= 0.3 is 0 Å².